The van der Waals surface area contributed by atoms with Crippen molar-refractivity contribution < 1.29 is 9.53 Å². The van der Waals surface area contributed by atoms with Crippen molar-refractivity contribution >= 4 is 11.9 Å². The predicted molar refractivity (Wildman–Crippen MR) is 81.4 cm³/mol. The van der Waals surface area contributed by atoms with Gasteiger partial charge >= 0.3 is 5.97 Å². The Balaban J connectivity index is 2.00. The molecule has 2 heterocycles. The highest BCUT2D eigenvalue weighted by molar-refractivity contribution is 5.90. The molecule has 21 heavy (non-hydrogen) atoms. The van der Waals surface area contributed by atoms with E-state index in [1.54, 1.807) is 13.8 Å². The Labute approximate surface area is 125 Å². The summed E-state index contributed by atoms with van der Waals surface area (Å²) >= 11 is 0. The van der Waals surface area contributed by atoms with Crippen LogP contribution in [0.15, 0.2) is 6.20 Å². The third-order valence-electron chi connectivity index (χ3n) is 3.87. The van der Waals surface area contributed by atoms with Crippen LogP contribution in [-0.4, -0.2) is 41.7 Å². The van der Waals surface area contributed by atoms with Crippen LogP contribution < -0.4 is 10.6 Å². The summed E-state index contributed by atoms with van der Waals surface area (Å²) in [7, 11) is 0. The van der Waals surface area contributed by atoms with E-state index in [9.17, 15) is 4.79 Å². The highest BCUT2D eigenvalue weighted by Gasteiger charge is 2.21. The summed E-state index contributed by atoms with van der Waals surface area (Å²) < 4.78 is 4.98. The van der Waals surface area contributed by atoms with Crippen molar-refractivity contribution in [2.45, 2.75) is 39.7 Å². The molecular weight excluding hydrogens is 268 g/mol. The summed E-state index contributed by atoms with van der Waals surface area (Å²) in [6, 6.07) is 0.297. The number of aryl methyl sites for hydroxylation is 1. The van der Waals surface area contributed by atoms with Gasteiger partial charge in [0.05, 0.1) is 17.9 Å². The fourth-order valence-electron chi connectivity index (χ4n) is 2.57. The van der Waals surface area contributed by atoms with Crippen LogP contribution in [0.1, 0.15) is 42.7 Å². The number of nitrogens with zero attached hydrogens (tertiary/aromatic N) is 2. The first-order chi connectivity index (χ1) is 10.1. The first-order valence-electron chi connectivity index (χ1n) is 7.59. The molecule has 0 radical (unpaired) electrons. The minimum atomic E-state index is -0.369. The topological polar surface area (TPSA) is 76.1 Å². The molecule has 2 unspecified atom stereocenters. The SMILES string of the molecule is CCOC(=O)c1cnc(NC(C)C2CCCNC2)nc1C. The second-order valence-electron chi connectivity index (χ2n) is 5.45. The predicted octanol–water partition coefficient (Wildman–Crippen LogP) is 1.76. The van der Waals surface area contributed by atoms with Crippen LogP contribution in [0, 0.1) is 12.8 Å². The Kier molecular flexibility index (Phi) is 5.50. The largest absolute Gasteiger partial charge is 0.462 e. The first-order valence-corrected chi connectivity index (χ1v) is 7.59. The number of piperidine rings is 1. The lowest BCUT2D eigenvalue weighted by molar-refractivity contribution is 0.0524. The molecule has 6 nitrogen and oxygen atoms in total. The molecule has 0 spiro atoms. The fourth-order valence-corrected chi connectivity index (χ4v) is 2.57. The Morgan fingerprint density at radius 1 is 1.62 bits per heavy atom. The minimum absolute atomic E-state index is 0.297. The van der Waals surface area contributed by atoms with Crippen LogP contribution in [0.25, 0.3) is 0 Å². The van der Waals surface area contributed by atoms with Gasteiger partial charge in [0, 0.05) is 12.2 Å². The molecular formula is C15H24N4O2. The number of carbonyl (C=O) groups is 1. The normalized spacial score (nSPS) is 19.9. The number of nitrogens with one attached hydrogen (secondary N) is 2. The lowest BCUT2D eigenvalue weighted by Crippen LogP contribution is -2.39. The summed E-state index contributed by atoms with van der Waals surface area (Å²) in [5.74, 6) is 0.775. The van der Waals surface area contributed by atoms with E-state index in [0.717, 1.165) is 13.1 Å². The van der Waals surface area contributed by atoms with Crippen LogP contribution in [0.2, 0.25) is 0 Å². The molecule has 0 amide bonds. The molecule has 1 aliphatic heterocycles. The molecule has 2 N–H and O–H groups in total. The summed E-state index contributed by atoms with van der Waals surface area (Å²) in [5, 5.41) is 6.75. The zero-order valence-corrected chi connectivity index (χ0v) is 13.0. The van der Waals surface area contributed by atoms with Crippen molar-refractivity contribution in [3.05, 3.63) is 17.5 Å². The van der Waals surface area contributed by atoms with E-state index >= 15 is 0 Å². The van der Waals surface area contributed by atoms with Crippen molar-refractivity contribution in [1.82, 2.24) is 15.3 Å². The number of aromatic nitrogens is 2. The number of anilines is 1. The van der Waals surface area contributed by atoms with Gasteiger partial charge in [-0.25, -0.2) is 14.8 Å². The molecule has 1 aromatic rings. The van der Waals surface area contributed by atoms with Crippen molar-refractivity contribution in [3.63, 3.8) is 0 Å². The molecule has 2 atom stereocenters. The average molecular weight is 292 g/mol. The van der Waals surface area contributed by atoms with Gasteiger partial charge in [-0.15, -0.1) is 0 Å². The summed E-state index contributed by atoms with van der Waals surface area (Å²) in [4.78, 5) is 20.3. The summed E-state index contributed by atoms with van der Waals surface area (Å²) in [5.41, 5.74) is 1.06. The molecule has 0 saturated carbocycles. The maximum Gasteiger partial charge on any atom is 0.341 e. The molecule has 1 fully saturated rings. The van der Waals surface area contributed by atoms with Gasteiger partial charge in [0.2, 0.25) is 5.95 Å². The molecule has 6 heteroatoms. The number of ether oxygens (including phenoxy) is 1. The second kappa shape index (κ2) is 7.36. The minimum Gasteiger partial charge on any atom is -0.462 e. The monoisotopic (exact) mass is 292 g/mol. The Morgan fingerprint density at radius 2 is 2.43 bits per heavy atom. The summed E-state index contributed by atoms with van der Waals surface area (Å²) in [6.07, 6.45) is 3.95. The third-order valence-corrected chi connectivity index (χ3v) is 3.87. The van der Waals surface area contributed by atoms with E-state index in [-0.39, 0.29) is 5.97 Å². The van der Waals surface area contributed by atoms with E-state index in [0.29, 0.717) is 35.8 Å². The van der Waals surface area contributed by atoms with Gasteiger partial charge in [0.25, 0.3) is 0 Å². The first kappa shape index (κ1) is 15.7. The molecule has 0 bridgehead atoms. The number of esters is 1. The standard InChI is InChI=1S/C15H24N4O2/c1-4-21-14(20)13-9-17-15(19-11(13)3)18-10(2)12-6-5-7-16-8-12/h9-10,12,16H,4-8H2,1-3H3,(H,17,18,19). The second-order valence-corrected chi connectivity index (χ2v) is 5.45. The smallest absolute Gasteiger partial charge is 0.341 e. The maximum atomic E-state index is 11.7. The van der Waals surface area contributed by atoms with E-state index in [2.05, 4.69) is 27.5 Å². The van der Waals surface area contributed by atoms with Crippen LogP contribution in [0.3, 0.4) is 0 Å². The summed E-state index contributed by atoms with van der Waals surface area (Å²) in [6.45, 7) is 8.20. The van der Waals surface area contributed by atoms with Crippen LogP contribution in [-0.2, 0) is 4.74 Å². The van der Waals surface area contributed by atoms with E-state index in [1.807, 2.05) is 0 Å². The van der Waals surface area contributed by atoms with Crippen LogP contribution >= 0.6 is 0 Å². The van der Waals surface area contributed by atoms with E-state index in [4.69, 9.17) is 4.74 Å². The molecule has 0 aliphatic carbocycles. The third kappa shape index (κ3) is 4.14. The van der Waals surface area contributed by atoms with Crippen LogP contribution in [0.5, 0.6) is 0 Å². The zero-order valence-electron chi connectivity index (χ0n) is 13.0. The van der Waals surface area contributed by atoms with Crippen molar-refractivity contribution in [3.8, 4) is 0 Å². The number of hydrogen-bond acceptors (Lipinski definition) is 6. The molecule has 0 aromatic carbocycles. The van der Waals surface area contributed by atoms with Gasteiger partial charge in [-0.1, -0.05) is 0 Å². The van der Waals surface area contributed by atoms with Crippen molar-refractivity contribution in [2.24, 2.45) is 5.92 Å². The molecule has 2 rings (SSSR count). The van der Waals surface area contributed by atoms with E-state index < -0.39 is 0 Å². The molecule has 1 aromatic heterocycles. The average Bonchev–Trinajstić information content (AvgIpc) is 2.48. The molecule has 116 valence electrons. The van der Waals surface area contributed by atoms with Crippen LogP contribution in [0.4, 0.5) is 5.95 Å². The fraction of sp³-hybridized carbons (Fsp3) is 0.667. The molecule has 1 aliphatic rings. The Bertz CT molecular complexity index is 487. The Morgan fingerprint density at radius 3 is 3.05 bits per heavy atom. The Hall–Kier alpha value is -1.69. The number of rotatable bonds is 5. The van der Waals surface area contributed by atoms with E-state index in [1.165, 1.54) is 19.0 Å². The van der Waals surface area contributed by atoms with Gasteiger partial charge in [-0.3, -0.25) is 0 Å². The quantitative estimate of drug-likeness (QED) is 0.805. The number of carbonyl (C=O) groups excluding carboxylic acids is 1. The van der Waals surface area contributed by atoms with Gasteiger partial charge in [-0.05, 0) is 52.6 Å². The van der Waals surface area contributed by atoms with Crippen molar-refractivity contribution in [2.75, 3.05) is 25.0 Å². The van der Waals surface area contributed by atoms with Gasteiger partial charge in [-0.2, -0.15) is 0 Å². The lowest BCUT2D eigenvalue weighted by atomic mass is 9.93. The van der Waals surface area contributed by atoms with Gasteiger partial charge < -0.3 is 15.4 Å². The van der Waals surface area contributed by atoms with Crippen molar-refractivity contribution in [1.29, 1.82) is 0 Å². The van der Waals surface area contributed by atoms with Gasteiger partial charge in [0.15, 0.2) is 0 Å². The molecule has 1 saturated heterocycles. The lowest BCUT2D eigenvalue weighted by Gasteiger charge is -2.29. The highest BCUT2D eigenvalue weighted by atomic mass is 16.5. The number of hydrogen-bond donors (Lipinski definition) is 2. The maximum absolute atomic E-state index is 11.7. The van der Waals surface area contributed by atoms with Gasteiger partial charge in [0.1, 0.15) is 0 Å². The highest BCUT2D eigenvalue weighted by Crippen LogP contribution is 2.17. The zero-order chi connectivity index (χ0) is 15.2.